The largest absolute Gasteiger partial charge is 0.340 e. The summed E-state index contributed by atoms with van der Waals surface area (Å²) < 4.78 is 0. The van der Waals surface area contributed by atoms with Gasteiger partial charge >= 0.3 is 0 Å². The molecule has 0 unspecified atom stereocenters. The fourth-order valence-corrected chi connectivity index (χ4v) is 3.83. The van der Waals surface area contributed by atoms with Crippen LogP contribution in [0.4, 0.5) is 11.6 Å². The summed E-state index contributed by atoms with van der Waals surface area (Å²) in [7, 11) is 0. The van der Waals surface area contributed by atoms with E-state index in [1.54, 1.807) is 0 Å². The van der Waals surface area contributed by atoms with Crippen LogP contribution >= 0.6 is 0 Å². The van der Waals surface area contributed by atoms with Gasteiger partial charge in [0.05, 0.1) is 5.92 Å². The predicted molar refractivity (Wildman–Crippen MR) is 122 cm³/mol. The van der Waals surface area contributed by atoms with Crippen molar-refractivity contribution in [3.8, 4) is 11.1 Å². The summed E-state index contributed by atoms with van der Waals surface area (Å²) >= 11 is 0. The Labute approximate surface area is 178 Å². The molecule has 1 aliphatic heterocycles. The van der Waals surface area contributed by atoms with Gasteiger partial charge in [0, 0.05) is 36.7 Å². The molecule has 1 amide bonds. The molecule has 0 aliphatic carbocycles. The molecular weight excluding hydrogens is 372 g/mol. The number of anilines is 2. The molecule has 1 saturated heterocycles. The van der Waals surface area contributed by atoms with Crippen molar-refractivity contribution >= 4 is 17.5 Å². The van der Waals surface area contributed by atoms with Crippen LogP contribution in [0.3, 0.4) is 0 Å². The van der Waals surface area contributed by atoms with E-state index in [4.69, 9.17) is 0 Å². The third-order valence-corrected chi connectivity index (χ3v) is 5.67. The molecule has 30 heavy (non-hydrogen) atoms. The van der Waals surface area contributed by atoms with Gasteiger partial charge in [0.1, 0.15) is 0 Å². The first-order valence-corrected chi connectivity index (χ1v) is 10.6. The smallest absolute Gasteiger partial charge is 0.229 e. The monoisotopic (exact) mass is 400 g/mol. The molecule has 1 fully saturated rings. The molecule has 1 aromatic heterocycles. The van der Waals surface area contributed by atoms with Gasteiger partial charge in [0.25, 0.3) is 0 Å². The van der Waals surface area contributed by atoms with Crippen LogP contribution in [0, 0.1) is 5.92 Å². The van der Waals surface area contributed by atoms with Gasteiger partial charge in [-0.3, -0.25) is 4.79 Å². The number of amides is 1. The van der Waals surface area contributed by atoms with Crippen LogP contribution in [-0.4, -0.2) is 29.0 Å². The number of nitrogens with zero attached hydrogens (tertiary/aromatic N) is 3. The van der Waals surface area contributed by atoms with Crippen LogP contribution in [0.2, 0.25) is 0 Å². The zero-order chi connectivity index (χ0) is 20.9. The van der Waals surface area contributed by atoms with Crippen LogP contribution in [0.1, 0.15) is 38.2 Å². The van der Waals surface area contributed by atoms with Gasteiger partial charge < -0.3 is 10.2 Å². The first-order chi connectivity index (χ1) is 14.6. The minimum Gasteiger partial charge on any atom is -0.340 e. The number of rotatable bonds is 5. The maximum absolute atomic E-state index is 12.8. The van der Waals surface area contributed by atoms with E-state index in [1.807, 2.05) is 54.9 Å². The van der Waals surface area contributed by atoms with Crippen LogP contribution in [0.15, 0.2) is 67.0 Å². The van der Waals surface area contributed by atoms with Crippen LogP contribution in [0.5, 0.6) is 0 Å². The minimum absolute atomic E-state index is 0.0675. The molecule has 0 saturated carbocycles. The van der Waals surface area contributed by atoms with E-state index >= 15 is 0 Å². The number of carbonyl (C=O) groups excluding carboxylic acids is 1. The van der Waals surface area contributed by atoms with Crippen LogP contribution in [-0.2, 0) is 4.79 Å². The highest BCUT2D eigenvalue weighted by Crippen LogP contribution is 2.24. The maximum atomic E-state index is 12.8. The van der Waals surface area contributed by atoms with Gasteiger partial charge in [-0.25, -0.2) is 9.97 Å². The van der Waals surface area contributed by atoms with E-state index in [0.717, 1.165) is 36.2 Å². The number of nitrogens with one attached hydrogen (secondary N) is 1. The van der Waals surface area contributed by atoms with Crippen LogP contribution < -0.4 is 10.2 Å². The predicted octanol–water partition coefficient (Wildman–Crippen LogP) is 5.12. The molecule has 1 N–H and O–H groups in total. The molecule has 2 aromatic carbocycles. The third kappa shape index (κ3) is 4.67. The second-order valence-corrected chi connectivity index (χ2v) is 8.19. The molecule has 0 radical (unpaired) electrons. The lowest BCUT2D eigenvalue weighted by Crippen LogP contribution is -2.41. The highest BCUT2D eigenvalue weighted by Gasteiger charge is 2.27. The van der Waals surface area contributed by atoms with E-state index in [2.05, 4.69) is 46.2 Å². The Morgan fingerprint density at radius 1 is 1.00 bits per heavy atom. The fourth-order valence-electron chi connectivity index (χ4n) is 3.83. The highest BCUT2D eigenvalue weighted by atomic mass is 16.1. The topological polar surface area (TPSA) is 58.1 Å². The molecule has 2 heterocycles. The van der Waals surface area contributed by atoms with Gasteiger partial charge in [-0.15, -0.1) is 0 Å². The zero-order valence-electron chi connectivity index (χ0n) is 17.6. The summed E-state index contributed by atoms with van der Waals surface area (Å²) in [6.45, 7) is 5.84. The van der Waals surface area contributed by atoms with E-state index in [1.165, 1.54) is 5.56 Å². The fraction of sp³-hybridized carbons (Fsp3) is 0.320. The van der Waals surface area contributed by atoms with E-state index in [0.29, 0.717) is 18.4 Å². The number of benzene rings is 2. The Morgan fingerprint density at radius 3 is 2.37 bits per heavy atom. The first-order valence-electron chi connectivity index (χ1n) is 10.6. The quantitative estimate of drug-likeness (QED) is 0.646. The molecule has 5 nitrogen and oxygen atoms in total. The molecule has 0 spiro atoms. The van der Waals surface area contributed by atoms with Crippen molar-refractivity contribution < 1.29 is 4.79 Å². The number of hydrogen-bond acceptors (Lipinski definition) is 4. The van der Waals surface area contributed by atoms with Crippen molar-refractivity contribution in [2.24, 2.45) is 5.92 Å². The second-order valence-electron chi connectivity index (χ2n) is 8.19. The summed E-state index contributed by atoms with van der Waals surface area (Å²) in [4.78, 5) is 24.1. The molecular formula is C25H28N4O. The average molecular weight is 401 g/mol. The molecule has 1 aliphatic rings. The van der Waals surface area contributed by atoms with Crippen molar-refractivity contribution in [1.29, 1.82) is 0 Å². The Bertz CT molecular complexity index is 968. The maximum Gasteiger partial charge on any atom is 0.229 e. The van der Waals surface area contributed by atoms with Gasteiger partial charge in [0.2, 0.25) is 11.9 Å². The standard InChI is InChI=1S/C25H28N4O/c1-18(2)19-10-12-23(13-11-19)28-24(30)21-9-6-14-29(17-21)25-26-15-22(16-27-25)20-7-4-3-5-8-20/h3-5,7-8,10-13,15-16,18,21H,6,9,14,17H2,1-2H3,(H,28,30)/t21-/m1/s1. The Hall–Kier alpha value is -3.21. The summed E-state index contributed by atoms with van der Waals surface area (Å²) in [6.07, 6.45) is 5.55. The number of hydrogen-bond donors (Lipinski definition) is 1. The lowest BCUT2D eigenvalue weighted by molar-refractivity contribution is -0.120. The van der Waals surface area contributed by atoms with Crippen molar-refractivity contribution in [1.82, 2.24) is 9.97 Å². The Kier molecular flexibility index (Phi) is 6.07. The van der Waals surface area contributed by atoms with Gasteiger partial charge in [0.15, 0.2) is 0 Å². The number of piperidine rings is 1. The van der Waals surface area contributed by atoms with Crippen LogP contribution in [0.25, 0.3) is 11.1 Å². The third-order valence-electron chi connectivity index (χ3n) is 5.67. The molecule has 0 bridgehead atoms. The SMILES string of the molecule is CC(C)c1ccc(NC(=O)[C@@H]2CCCN(c3ncc(-c4ccccc4)cn3)C2)cc1. The summed E-state index contributed by atoms with van der Waals surface area (Å²) in [6, 6.07) is 18.2. The molecule has 3 aromatic rings. The summed E-state index contributed by atoms with van der Waals surface area (Å²) in [5, 5.41) is 3.07. The first kappa shape index (κ1) is 20.1. The molecule has 5 heteroatoms. The van der Waals surface area contributed by atoms with Gasteiger partial charge in [-0.1, -0.05) is 56.3 Å². The number of carbonyl (C=O) groups is 1. The average Bonchev–Trinajstić information content (AvgIpc) is 2.80. The lowest BCUT2D eigenvalue weighted by Gasteiger charge is -2.32. The van der Waals surface area contributed by atoms with Gasteiger partial charge in [-0.2, -0.15) is 0 Å². The normalized spacial score (nSPS) is 16.5. The number of aromatic nitrogens is 2. The lowest BCUT2D eigenvalue weighted by atomic mass is 9.97. The van der Waals surface area contributed by atoms with E-state index in [9.17, 15) is 4.79 Å². The Morgan fingerprint density at radius 2 is 1.70 bits per heavy atom. The summed E-state index contributed by atoms with van der Waals surface area (Å²) in [5.74, 6) is 1.17. The second kappa shape index (κ2) is 9.08. The minimum atomic E-state index is -0.0686. The zero-order valence-corrected chi connectivity index (χ0v) is 17.6. The van der Waals surface area contributed by atoms with E-state index in [-0.39, 0.29) is 11.8 Å². The molecule has 154 valence electrons. The highest BCUT2D eigenvalue weighted by molar-refractivity contribution is 5.93. The van der Waals surface area contributed by atoms with Crippen molar-refractivity contribution in [3.63, 3.8) is 0 Å². The van der Waals surface area contributed by atoms with Crippen molar-refractivity contribution in [3.05, 3.63) is 72.6 Å². The van der Waals surface area contributed by atoms with Crippen molar-refractivity contribution in [2.75, 3.05) is 23.3 Å². The molecule has 1 atom stereocenters. The van der Waals surface area contributed by atoms with E-state index < -0.39 is 0 Å². The Balaban J connectivity index is 1.39. The van der Waals surface area contributed by atoms with Crippen molar-refractivity contribution in [2.45, 2.75) is 32.6 Å². The summed E-state index contributed by atoms with van der Waals surface area (Å²) in [5.41, 5.74) is 4.22. The van der Waals surface area contributed by atoms with Gasteiger partial charge in [-0.05, 0) is 42.0 Å². The molecule has 4 rings (SSSR count).